The second-order valence-electron chi connectivity index (χ2n) is 5.92. The van der Waals surface area contributed by atoms with Crippen molar-refractivity contribution in [2.24, 2.45) is 0 Å². The number of halogens is 3. The molecule has 0 spiro atoms. The first kappa shape index (κ1) is 17.5. The Morgan fingerprint density at radius 2 is 2.04 bits per heavy atom. The molecule has 0 radical (unpaired) electrons. The van der Waals surface area contributed by atoms with E-state index in [0.717, 1.165) is 5.56 Å². The van der Waals surface area contributed by atoms with Crippen molar-refractivity contribution in [1.82, 2.24) is 15.1 Å². The lowest BCUT2D eigenvalue weighted by molar-refractivity contribution is -0.142. The van der Waals surface area contributed by atoms with Crippen molar-refractivity contribution in [2.45, 2.75) is 32.7 Å². The number of carbonyl (C=O) groups excluding carboxylic acids is 1. The normalized spacial score (nSPS) is 14.2. The van der Waals surface area contributed by atoms with Crippen molar-refractivity contribution >= 4 is 5.91 Å². The highest BCUT2D eigenvalue weighted by atomic mass is 19.4. The summed E-state index contributed by atoms with van der Waals surface area (Å²) in [7, 11) is 0. The summed E-state index contributed by atoms with van der Waals surface area (Å²) in [4.78, 5) is 12.1. The Hall–Kier alpha value is -2.35. The van der Waals surface area contributed by atoms with Gasteiger partial charge in [0.15, 0.2) is 5.69 Å². The lowest BCUT2D eigenvalue weighted by Gasteiger charge is -2.15. The number of hydrogen-bond acceptors (Lipinski definition) is 3. The molecule has 3 rings (SSSR count). The molecule has 134 valence electrons. The van der Waals surface area contributed by atoms with Crippen LogP contribution in [0.15, 0.2) is 24.3 Å². The molecule has 0 atom stereocenters. The Bertz CT molecular complexity index is 767. The van der Waals surface area contributed by atoms with Crippen LogP contribution in [0.25, 0.3) is 0 Å². The van der Waals surface area contributed by atoms with Gasteiger partial charge >= 0.3 is 6.18 Å². The van der Waals surface area contributed by atoms with E-state index in [1.54, 1.807) is 12.1 Å². The van der Waals surface area contributed by atoms with Gasteiger partial charge in [0.1, 0.15) is 0 Å². The monoisotopic (exact) mass is 353 g/mol. The molecule has 0 bridgehead atoms. The summed E-state index contributed by atoms with van der Waals surface area (Å²) in [5.74, 6) is -0.264. The van der Waals surface area contributed by atoms with Gasteiger partial charge in [-0.1, -0.05) is 17.7 Å². The van der Waals surface area contributed by atoms with Crippen molar-refractivity contribution < 1.29 is 22.7 Å². The molecule has 1 aliphatic heterocycles. The van der Waals surface area contributed by atoms with Gasteiger partial charge in [-0.2, -0.15) is 18.3 Å². The lowest BCUT2D eigenvalue weighted by atomic mass is 10.1. The zero-order chi connectivity index (χ0) is 18.0. The van der Waals surface area contributed by atoms with E-state index >= 15 is 0 Å². The maximum absolute atomic E-state index is 13.1. The third kappa shape index (κ3) is 3.84. The number of benzene rings is 1. The molecule has 1 aromatic heterocycles. The van der Waals surface area contributed by atoms with E-state index in [4.69, 9.17) is 4.74 Å². The van der Waals surface area contributed by atoms with Crippen LogP contribution in [0.3, 0.4) is 0 Å². The van der Waals surface area contributed by atoms with Crippen LogP contribution in [0.2, 0.25) is 0 Å². The fourth-order valence-electron chi connectivity index (χ4n) is 2.80. The summed E-state index contributed by atoms with van der Waals surface area (Å²) in [6.07, 6.45) is -4.13. The predicted molar refractivity (Wildman–Crippen MR) is 84.1 cm³/mol. The Labute approximate surface area is 142 Å². The molecular weight excluding hydrogens is 335 g/mol. The van der Waals surface area contributed by atoms with Gasteiger partial charge in [0.25, 0.3) is 5.91 Å². The Morgan fingerprint density at radius 3 is 2.72 bits per heavy atom. The summed E-state index contributed by atoms with van der Waals surface area (Å²) in [6, 6.07) is 7.07. The van der Waals surface area contributed by atoms with Crippen LogP contribution in [0, 0.1) is 6.92 Å². The van der Waals surface area contributed by atoms with E-state index in [9.17, 15) is 18.0 Å². The molecule has 8 heteroatoms. The summed E-state index contributed by atoms with van der Waals surface area (Å²) in [5, 5.41) is 6.41. The molecule has 1 amide bonds. The molecule has 2 heterocycles. The van der Waals surface area contributed by atoms with Gasteiger partial charge in [-0.15, -0.1) is 0 Å². The number of ether oxygens (including phenoxy) is 1. The number of nitrogens with zero attached hydrogens (tertiary/aromatic N) is 2. The van der Waals surface area contributed by atoms with Crippen molar-refractivity contribution in [2.75, 3.05) is 13.2 Å². The fourth-order valence-corrected chi connectivity index (χ4v) is 2.80. The van der Waals surface area contributed by atoms with E-state index in [-0.39, 0.29) is 31.2 Å². The Balaban J connectivity index is 1.68. The number of carbonyl (C=O) groups is 1. The van der Waals surface area contributed by atoms with Gasteiger partial charge in [-0.05, 0) is 19.1 Å². The molecule has 1 aliphatic rings. The second kappa shape index (κ2) is 6.87. The fraction of sp³-hybridized carbons (Fsp3) is 0.412. The number of amides is 1. The topological polar surface area (TPSA) is 56.2 Å². The number of hydrogen-bond donors (Lipinski definition) is 1. The molecule has 0 saturated heterocycles. The van der Waals surface area contributed by atoms with Crippen LogP contribution < -0.4 is 5.32 Å². The third-order valence-electron chi connectivity index (χ3n) is 4.09. The molecule has 1 N–H and O–H groups in total. The molecule has 0 fully saturated rings. The van der Waals surface area contributed by atoms with Crippen molar-refractivity contribution in [3.63, 3.8) is 0 Å². The van der Waals surface area contributed by atoms with Gasteiger partial charge in [0, 0.05) is 29.8 Å². The number of aryl methyl sites for hydroxylation is 1. The van der Waals surface area contributed by atoms with Crippen molar-refractivity contribution in [3.8, 4) is 0 Å². The largest absolute Gasteiger partial charge is 0.435 e. The maximum Gasteiger partial charge on any atom is 0.435 e. The number of rotatable bonds is 4. The molecule has 2 aromatic rings. The predicted octanol–water partition coefficient (Wildman–Crippen LogP) is 2.71. The van der Waals surface area contributed by atoms with Gasteiger partial charge in [-0.3, -0.25) is 9.48 Å². The van der Waals surface area contributed by atoms with Crippen LogP contribution in [-0.2, 0) is 30.5 Å². The number of alkyl halides is 3. The molecule has 0 unspecified atom stereocenters. The molecule has 0 saturated carbocycles. The molecule has 25 heavy (non-hydrogen) atoms. The SMILES string of the molecule is Cc1ccc(C(=O)NCCn2nc(C(F)(F)F)c3c2CCOC3)cc1. The van der Waals surface area contributed by atoms with Gasteiger partial charge in [-0.25, -0.2) is 0 Å². The highest BCUT2D eigenvalue weighted by Crippen LogP contribution is 2.34. The molecule has 0 aliphatic carbocycles. The minimum absolute atomic E-state index is 0.0834. The second-order valence-corrected chi connectivity index (χ2v) is 5.92. The quantitative estimate of drug-likeness (QED) is 0.920. The van der Waals surface area contributed by atoms with Crippen LogP contribution in [0.1, 0.15) is 32.9 Å². The maximum atomic E-state index is 13.1. The van der Waals surface area contributed by atoms with Gasteiger partial charge < -0.3 is 10.1 Å². The Kier molecular flexibility index (Phi) is 4.80. The number of nitrogens with one attached hydrogen (secondary N) is 1. The standard InChI is InChI=1S/C17H18F3N3O2/c1-11-2-4-12(5-3-11)16(24)21-7-8-23-14-6-9-25-10-13(14)15(22-23)17(18,19)20/h2-5H,6-10H2,1H3,(H,21,24). The van der Waals surface area contributed by atoms with E-state index < -0.39 is 11.9 Å². The summed E-state index contributed by atoms with van der Waals surface area (Å²) >= 11 is 0. The molecular formula is C17H18F3N3O2. The summed E-state index contributed by atoms with van der Waals surface area (Å²) in [5.41, 5.74) is 1.29. The summed E-state index contributed by atoms with van der Waals surface area (Å²) < 4.78 is 45.7. The average molecular weight is 353 g/mol. The van der Waals surface area contributed by atoms with Crippen LogP contribution in [0.5, 0.6) is 0 Å². The Morgan fingerprint density at radius 1 is 1.32 bits per heavy atom. The zero-order valence-corrected chi connectivity index (χ0v) is 13.7. The van der Waals surface area contributed by atoms with Crippen molar-refractivity contribution in [1.29, 1.82) is 0 Å². The molecule has 1 aromatic carbocycles. The summed E-state index contributed by atoms with van der Waals surface area (Å²) in [6.45, 7) is 2.57. The minimum Gasteiger partial charge on any atom is -0.376 e. The first-order chi connectivity index (χ1) is 11.9. The highest BCUT2D eigenvalue weighted by molar-refractivity contribution is 5.94. The first-order valence-electron chi connectivity index (χ1n) is 7.94. The zero-order valence-electron chi connectivity index (χ0n) is 13.7. The third-order valence-corrected chi connectivity index (χ3v) is 4.09. The van der Waals surface area contributed by atoms with Crippen molar-refractivity contribution in [3.05, 3.63) is 52.3 Å². The number of aromatic nitrogens is 2. The van der Waals surface area contributed by atoms with E-state index in [0.29, 0.717) is 24.3 Å². The van der Waals surface area contributed by atoms with E-state index in [1.165, 1.54) is 4.68 Å². The van der Waals surface area contributed by atoms with Crippen LogP contribution in [0.4, 0.5) is 13.2 Å². The van der Waals surface area contributed by atoms with E-state index in [2.05, 4.69) is 10.4 Å². The number of fused-ring (bicyclic) bond motifs is 1. The van der Waals surface area contributed by atoms with Gasteiger partial charge in [0.05, 0.1) is 19.8 Å². The van der Waals surface area contributed by atoms with E-state index in [1.807, 2.05) is 19.1 Å². The highest BCUT2D eigenvalue weighted by Gasteiger charge is 2.39. The average Bonchev–Trinajstić information content (AvgIpc) is 2.95. The first-order valence-corrected chi connectivity index (χ1v) is 7.94. The smallest absolute Gasteiger partial charge is 0.376 e. The molecule has 5 nitrogen and oxygen atoms in total. The lowest BCUT2D eigenvalue weighted by Crippen LogP contribution is -2.28. The van der Waals surface area contributed by atoms with Gasteiger partial charge in [0.2, 0.25) is 0 Å². The minimum atomic E-state index is -4.51. The van der Waals surface area contributed by atoms with Crippen LogP contribution in [-0.4, -0.2) is 28.8 Å². The van der Waals surface area contributed by atoms with Crippen LogP contribution >= 0.6 is 0 Å².